The van der Waals surface area contributed by atoms with Crippen LogP contribution in [0.5, 0.6) is 5.75 Å². The Morgan fingerprint density at radius 3 is 2.29 bits per heavy atom. The first-order valence-electron chi connectivity index (χ1n) is 12.0. The molecule has 1 amide bonds. The normalized spacial score (nSPS) is 15.9. The van der Waals surface area contributed by atoms with Gasteiger partial charge in [-0.1, -0.05) is 58.9 Å². The zero-order valence-electron chi connectivity index (χ0n) is 21.0. The van der Waals surface area contributed by atoms with Crippen LogP contribution >= 0.6 is 0 Å². The van der Waals surface area contributed by atoms with Crippen molar-refractivity contribution in [2.24, 2.45) is 0 Å². The molecular weight excluding hydrogens is 428 g/mol. The van der Waals surface area contributed by atoms with Crippen LogP contribution in [0.4, 0.5) is 0 Å². The average Bonchev–Trinajstić information content (AvgIpc) is 3.10. The summed E-state index contributed by atoms with van der Waals surface area (Å²) in [6, 6.07) is 12.9. The Labute approximate surface area is 201 Å². The van der Waals surface area contributed by atoms with Gasteiger partial charge >= 0.3 is 0 Å². The Balaban J connectivity index is 1.86. The number of methoxy groups -OCH3 is 1. The molecule has 34 heavy (non-hydrogen) atoms. The molecule has 0 N–H and O–H groups in total. The molecular formula is C28H34N2O4. The van der Waals surface area contributed by atoms with Crippen molar-refractivity contribution in [1.29, 1.82) is 0 Å². The third kappa shape index (κ3) is 4.23. The molecule has 6 heteroatoms. The van der Waals surface area contributed by atoms with E-state index in [9.17, 15) is 9.59 Å². The highest BCUT2D eigenvalue weighted by Gasteiger charge is 2.42. The smallest absolute Gasteiger partial charge is 0.290 e. The standard InChI is InChI=1S/C28H34N2O4/c1-7-29(8-2)15-16-30-24(18-9-11-19(12-10-18)28(3,4)5)23-25(31)21-14-13-20(33-6)17-22(21)34-26(23)27(30)32/h9-14,17,24H,7-8,15-16H2,1-6H3. The second-order valence-electron chi connectivity index (χ2n) is 9.84. The highest BCUT2D eigenvalue weighted by atomic mass is 16.5. The van der Waals surface area contributed by atoms with Crippen LogP contribution < -0.4 is 10.2 Å². The first-order chi connectivity index (χ1) is 16.2. The van der Waals surface area contributed by atoms with Crippen LogP contribution in [-0.2, 0) is 5.41 Å². The molecule has 0 radical (unpaired) electrons. The Morgan fingerprint density at radius 2 is 1.71 bits per heavy atom. The van der Waals surface area contributed by atoms with E-state index >= 15 is 0 Å². The fraction of sp³-hybridized carbons (Fsp3) is 0.429. The van der Waals surface area contributed by atoms with Crippen LogP contribution in [0, 0.1) is 0 Å². The topological polar surface area (TPSA) is 63.0 Å². The van der Waals surface area contributed by atoms with Gasteiger partial charge in [-0.3, -0.25) is 9.59 Å². The quantitative estimate of drug-likeness (QED) is 0.495. The van der Waals surface area contributed by atoms with Gasteiger partial charge in [0, 0.05) is 19.2 Å². The van der Waals surface area contributed by atoms with E-state index in [-0.39, 0.29) is 22.5 Å². The molecule has 2 heterocycles. The summed E-state index contributed by atoms with van der Waals surface area (Å²) in [7, 11) is 1.56. The number of amides is 1. The first kappa shape index (κ1) is 24.0. The van der Waals surface area contributed by atoms with Crippen molar-refractivity contribution >= 4 is 16.9 Å². The number of nitrogens with zero attached hydrogens (tertiary/aromatic N) is 2. The number of benzene rings is 2. The summed E-state index contributed by atoms with van der Waals surface area (Å²) in [5, 5.41) is 0.453. The molecule has 180 valence electrons. The number of ether oxygens (including phenoxy) is 1. The number of fused-ring (bicyclic) bond motifs is 2. The lowest BCUT2D eigenvalue weighted by atomic mass is 9.86. The molecule has 0 saturated heterocycles. The number of hydrogen-bond acceptors (Lipinski definition) is 5. The van der Waals surface area contributed by atoms with Crippen LogP contribution in [0.15, 0.2) is 51.7 Å². The van der Waals surface area contributed by atoms with Crippen LogP contribution in [0.2, 0.25) is 0 Å². The first-order valence-corrected chi connectivity index (χ1v) is 12.0. The van der Waals surface area contributed by atoms with Crippen molar-refractivity contribution < 1.29 is 13.9 Å². The van der Waals surface area contributed by atoms with E-state index in [1.165, 1.54) is 5.56 Å². The Kier molecular flexibility index (Phi) is 6.54. The summed E-state index contributed by atoms with van der Waals surface area (Å²) in [6.07, 6.45) is 0. The minimum Gasteiger partial charge on any atom is -0.497 e. The minimum absolute atomic E-state index is 0.0126. The SMILES string of the molecule is CCN(CC)CCN1C(=O)c2oc3cc(OC)ccc3c(=O)c2C1c1ccc(C(C)(C)C)cc1. The fourth-order valence-corrected chi connectivity index (χ4v) is 4.66. The molecule has 0 spiro atoms. The van der Waals surface area contributed by atoms with Crippen LogP contribution in [-0.4, -0.2) is 49.0 Å². The van der Waals surface area contributed by atoms with Crippen molar-refractivity contribution in [3.05, 3.63) is 75.1 Å². The second-order valence-corrected chi connectivity index (χ2v) is 9.84. The van der Waals surface area contributed by atoms with Gasteiger partial charge in [-0.05, 0) is 41.8 Å². The Bertz CT molecular complexity index is 1250. The minimum atomic E-state index is -0.477. The maximum absolute atomic E-state index is 13.7. The van der Waals surface area contributed by atoms with Gasteiger partial charge in [0.1, 0.15) is 11.3 Å². The van der Waals surface area contributed by atoms with Gasteiger partial charge in [0.2, 0.25) is 5.76 Å². The fourth-order valence-electron chi connectivity index (χ4n) is 4.66. The molecule has 0 saturated carbocycles. The molecule has 1 unspecified atom stereocenters. The molecule has 0 bridgehead atoms. The van der Waals surface area contributed by atoms with Crippen molar-refractivity contribution in [2.75, 3.05) is 33.3 Å². The summed E-state index contributed by atoms with van der Waals surface area (Å²) in [4.78, 5) is 31.3. The molecule has 1 aromatic heterocycles. The molecule has 1 atom stereocenters. The Morgan fingerprint density at radius 1 is 1.03 bits per heavy atom. The van der Waals surface area contributed by atoms with Gasteiger partial charge in [0.05, 0.1) is 24.1 Å². The monoisotopic (exact) mass is 462 g/mol. The van der Waals surface area contributed by atoms with Gasteiger partial charge in [0.15, 0.2) is 5.43 Å². The predicted octanol–water partition coefficient (Wildman–Crippen LogP) is 4.99. The van der Waals surface area contributed by atoms with E-state index in [4.69, 9.17) is 9.15 Å². The van der Waals surface area contributed by atoms with Gasteiger partial charge in [-0.15, -0.1) is 0 Å². The number of carbonyl (C=O) groups is 1. The van der Waals surface area contributed by atoms with Crippen molar-refractivity contribution in [1.82, 2.24) is 9.80 Å². The summed E-state index contributed by atoms with van der Waals surface area (Å²) in [5.74, 6) is 0.470. The summed E-state index contributed by atoms with van der Waals surface area (Å²) < 4.78 is 11.4. The maximum Gasteiger partial charge on any atom is 0.290 e. The van der Waals surface area contributed by atoms with Gasteiger partial charge < -0.3 is 19.0 Å². The van der Waals surface area contributed by atoms with E-state index in [0.29, 0.717) is 28.8 Å². The zero-order valence-corrected chi connectivity index (χ0v) is 21.0. The summed E-state index contributed by atoms with van der Waals surface area (Å²) in [5.41, 5.74) is 2.75. The molecule has 2 aromatic carbocycles. The van der Waals surface area contributed by atoms with E-state index in [0.717, 1.165) is 25.2 Å². The van der Waals surface area contributed by atoms with E-state index < -0.39 is 6.04 Å². The summed E-state index contributed by atoms with van der Waals surface area (Å²) >= 11 is 0. The van der Waals surface area contributed by atoms with Crippen LogP contribution in [0.3, 0.4) is 0 Å². The highest BCUT2D eigenvalue weighted by molar-refractivity contribution is 5.99. The van der Waals surface area contributed by atoms with Crippen molar-refractivity contribution in [3.8, 4) is 5.75 Å². The third-order valence-corrected chi connectivity index (χ3v) is 6.82. The summed E-state index contributed by atoms with van der Waals surface area (Å²) in [6.45, 7) is 13.8. The molecule has 3 aromatic rings. The van der Waals surface area contributed by atoms with Gasteiger partial charge in [-0.2, -0.15) is 0 Å². The van der Waals surface area contributed by atoms with E-state index in [1.54, 1.807) is 30.2 Å². The number of carbonyl (C=O) groups excluding carboxylic acids is 1. The van der Waals surface area contributed by atoms with Crippen molar-refractivity contribution in [2.45, 2.75) is 46.1 Å². The third-order valence-electron chi connectivity index (χ3n) is 6.82. The number of hydrogen-bond donors (Lipinski definition) is 0. The van der Waals surface area contributed by atoms with Gasteiger partial charge in [-0.25, -0.2) is 0 Å². The highest BCUT2D eigenvalue weighted by Crippen LogP contribution is 2.39. The lowest BCUT2D eigenvalue weighted by Gasteiger charge is -2.28. The van der Waals surface area contributed by atoms with E-state index in [1.807, 2.05) is 12.1 Å². The Hall–Kier alpha value is -3.12. The number of likely N-dealkylation sites (N-methyl/N-ethyl adjacent to an activating group) is 1. The second kappa shape index (κ2) is 9.26. The molecule has 4 rings (SSSR count). The van der Waals surface area contributed by atoms with Crippen LogP contribution in [0.25, 0.3) is 11.0 Å². The van der Waals surface area contributed by atoms with Gasteiger partial charge in [0.25, 0.3) is 5.91 Å². The largest absolute Gasteiger partial charge is 0.497 e. The molecule has 1 aliphatic rings. The average molecular weight is 463 g/mol. The molecule has 0 aliphatic carbocycles. The van der Waals surface area contributed by atoms with Crippen molar-refractivity contribution in [3.63, 3.8) is 0 Å². The number of rotatable bonds is 7. The zero-order chi connectivity index (χ0) is 24.6. The lowest BCUT2D eigenvalue weighted by molar-refractivity contribution is 0.0708. The van der Waals surface area contributed by atoms with Crippen LogP contribution in [0.1, 0.15) is 67.9 Å². The maximum atomic E-state index is 13.7. The lowest BCUT2D eigenvalue weighted by Crippen LogP contribution is -2.37. The predicted molar refractivity (Wildman–Crippen MR) is 135 cm³/mol. The molecule has 0 fully saturated rings. The molecule has 1 aliphatic heterocycles. The molecule has 6 nitrogen and oxygen atoms in total. The van der Waals surface area contributed by atoms with E-state index in [2.05, 4.69) is 51.7 Å².